The number of fused-ring (bicyclic) bond motifs is 1. The molecule has 3 rings (SSSR count). The van der Waals surface area contributed by atoms with Gasteiger partial charge in [0.2, 0.25) is 5.76 Å². The fourth-order valence-electron chi connectivity index (χ4n) is 3.45. The minimum atomic E-state index is -0.474. The van der Waals surface area contributed by atoms with Gasteiger partial charge in [-0.05, 0) is 42.5 Å². The van der Waals surface area contributed by atoms with Crippen molar-refractivity contribution in [1.29, 1.82) is 0 Å². The lowest BCUT2D eigenvalue weighted by molar-refractivity contribution is 0.0558. The average molecular weight is 329 g/mol. The van der Waals surface area contributed by atoms with Crippen molar-refractivity contribution in [3.05, 3.63) is 59.0 Å². The van der Waals surface area contributed by atoms with Gasteiger partial charge in [0, 0.05) is 12.6 Å². The second-order valence-electron chi connectivity index (χ2n) is 6.06. The lowest BCUT2D eigenvalue weighted by Gasteiger charge is -2.35. The highest BCUT2D eigenvalue weighted by Gasteiger charge is 2.26. The number of nitrogens with zero attached hydrogens (tertiary/aromatic N) is 1. The SMILES string of the molecule is COC(=O)c1ccc(CN(CCO)C2CCCc3ccccc32)o1. The minimum absolute atomic E-state index is 0.0865. The third kappa shape index (κ3) is 3.52. The first-order chi connectivity index (χ1) is 11.7. The summed E-state index contributed by atoms with van der Waals surface area (Å²) < 4.78 is 10.3. The van der Waals surface area contributed by atoms with E-state index in [1.165, 1.54) is 18.2 Å². The van der Waals surface area contributed by atoms with Gasteiger partial charge in [-0.25, -0.2) is 4.79 Å². The monoisotopic (exact) mass is 329 g/mol. The van der Waals surface area contributed by atoms with Gasteiger partial charge in [0.1, 0.15) is 5.76 Å². The van der Waals surface area contributed by atoms with E-state index < -0.39 is 5.97 Å². The van der Waals surface area contributed by atoms with Crippen LogP contribution in [0, 0.1) is 0 Å². The van der Waals surface area contributed by atoms with Crippen LogP contribution in [0.3, 0.4) is 0 Å². The Balaban J connectivity index is 1.81. The van der Waals surface area contributed by atoms with E-state index in [2.05, 4.69) is 33.9 Å². The van der Waals surface area contributed by atoms with Crippen molar-refractivity contribution in [3.8, 4) is 0 Å². The molecule has 1 aliphatic carbocycles. The summed E-state index contributed by atoms with van der Waals surface area (Å²) in [4.78, 5) is 13.8. The predicted molar refractivity (Wildman–Crippen MR) is 89.7 cm³/mol. The van der Waals surface area contributed by atoms with Gasteiger partial charge in [-0.15, -0.1) is 0 Å². The van der Waals surface area contributed by atoms with Crippen molar-refractivity contribution in [2.24, 2.45) is 0 Å². The first-order valence-electron chi connectivity index (χ1n) is 8.32. The zero-order chi connectivity index (χ0) is 16.9. The molecule has 0 fully saturated rings. The zero-order valence-corrected chi connectivity index (χ0v) is 13.9. The Labute approximate surface area is 141 Å². The van der Waals surface area contributed by atoms with E-state index in [-0.39, 0.29) is 18.4 Å². The zero-order valence-electron chi connectivity index (χ0n) is 13.9. The fourth-order valence-corrected chi connectivity index (χ4v) is 3.45. The second-order valence-corrected chi connectivity index (χ2v) is 6.06. The molecule has 0 saturated heterocycles. The second kappa shape index (κ2) is 7.64. The van der Waals surface area contributed by atoms with Crippen molar-refractivity contribution in [1.82, 2.24) is 4.90 Å². The third-order valence-corrected chi connectivity index (χ3v) is 4.57. The summed E-state index contributed by atoms with van der Waals surface area (Å²) >= 11 is 0. The number of furan rings is 1. The summed E-state index contributed by atoms with van der Waals surface area (Å²) in [6, 6.07) is 12.2. The van der Waals surface area contributed by atoms with Crippen molar-refractivity contribution < 1.29 is 19.1 Å². The molecule has 1 N–H and O–H groups in total. The summed E-state index contributed by atoms with van der Waals surface area (Å²) in [5.41, 5.74) is 2.71. The Bertz CT molecular complexity index is 694. The smallest absolute Gasteiger partial charge is 0.373 e. The molecule has 5 heteroatoms. The molecule has 0 amide bonds. The van der Waals surface area contributed by atoms with Crippen LogP contribution >= 0.6 is 0 Å². The van der Waals surface area contributed by atoms with Gasteiger partial charge in [-0.1, -0.05) is 24.3 Å². The maximum Gasteiger partial charge on any atom is 0.373 e. The molecule has 1 aromatic heterocycles. The van der Waals surface area contributed by atoms with E-state index >= 15 is 0 Å². The quantitative estimate of drug-likeness (QED) is 0.826. The highest BCUT2D eigenvalue weighted by Crippen LogP contribution is 2.35. The van der Waals surface area contributed by atoms with Crippen LogP contribution in [-0.4, -0.2) is 36.2 Å². The van der Waals surface area contributed by atoms with Gasteiger partial charge in [0.25, 0.3) is 0 Å². The molecule has 0 saturated carbocycles. The van der Waals surface area contributed by atoms with Gasteiger partial charge in [-0.3, -0.25) is 4.90 Å². The van der Waals surface area contributed by atoms with Crippen molar-refractivity contribution in [3.63, 3.8) is 0 Å². The van der Waals surface area contributed by atoms with Gasteiger partial charge in [0.05, 0.1) is 20.3 Å². The number of carbonyl (C=O) groups is 1. The maximum atomic E-state index is 11.5. The van der Waals surface area contributed by atoms with Crippen LogP contribution < -0.4 is 0 Å². The average Bonchev–Trinajstić information content (AvgIpc) is 3.09. The van der Waals surface area contributed by atoms with E-state index in [0.29, 0.717) is 18.8 Å². The molecular weight excluding hydrogens is 306 g/mol. The van der Waals surface area contributed by atoms with Gasteiger partial charge in [0.15, 0.2) is 0 Å². The molecule has 1 aliphatic rings. The highest BCUT2D eigenvalue weighted by molar-refractivity contribution is 5.86. The van der Waals surface area contributed by atoms with E-state index in [1.807, 2.05) is 0 Å². The van der Waals surface area contributed by atoms with Crippen LogP contribution in [0.4, 0.5) is 0 Å². The number of benzene rings is 1. The van der Waals surface area contributed by atoms with Crippen molar-refractivity contribution in [2.75, 3.05) is 20.3 Å². The number of methoxy groups -OCH3 is 1. The topological polar surface area (TPSA) is 62.9 Å². The molecule has 5 nitrogen and oxygen atoms in total. The minimum Gasteiger partial charge on any atom is -0.463 e. The van der Waals surface area contributed by atoms with Crippen LogP contribution in [0.25, 0.3) is 0 Å². The van der Waals surface area contributed by atoms with Crippen LogP contribution in [-0.2, 0) is 17.7 Å². The van der Waals surface area contributed by atoms with E-state index in [9.17, 15) is 9.90 Å². The number of aliphatic hydroxyl groups excluding tert-OH is 1. The number of aryl methyl sites for hydroxylation is 1. The van der Waals surface area contributed by atoms with Gasteiger partial charge in [-0.2, -0.15) is 0 Å². The largest absolute Gasteiger partial charge is 0.463 e. The number of rotatable bonds is 6. The number of aliphatic hydroxyl groups is 1. The molecule has 1 heterocycles. The molecular formula is C19H23NO4. The molecule has 0 aliphatic heterocycles. The van der Waals surface area contributed by atoms with Crippen molar-refractivity contribution in [2.45, 2.75) is 31.8 Å². The van der Waals surface area contributed by atoms with Crippen LogP contribution in [0.15, 0.2) is 40.8 Å². The molecule has 128 valence electrons. The molecule has 0 spiro atoms. The number of carbonyl (C=O) groups excluding carboxylic acids is 1. The lowest BCUT2D eigenvalue weighted by Crippen LogP contribution is -2.33. The van der Waals surface area contributed by atoms with Crippen LogP contribution in [0.2, 0.25) is 0 Å². The molecule has 1 aromatic carbocycles. The standard InChI is InChI=1S/C19H23NO4/c1-23-19(22)18-10-9-15(24-18)13-20(11-12-21)17-8-4-6-14-5-2-3-7-16(14)17/h2-3,5,7,9-10,17,21H,4,6,8,11-13H2,1H3. The molecule has 0 bridgehead atoms. The Hall–Kier alpha value is -2.11. The molecule has 1 atom stereocenters. The van der Waals surface area contributed by atoms with Crippen molar-refractivity contribution >= 4 is 5.97 Å². The van der Waals surface area contributed by atoms with Gasteiger partial charge < -0.3 is 14.3 Å². The summed E-state index contributed by atoms with van der Waals surface area (Å²) in [6.07, 6.45) is 3.30. The van der Waals surface area contributed by atoms with Crippen LogP contribution in [0.5, 0.6) is 0 Å². The summed E-state index contributed by atoms with van der Waals surface area (Å²) in [7, 11) is 1.33. The number of esters is 1. The highest BCUT2D eigenvalue weighted by atomic mass is 16.5. The third-order valence-electron chi connectivity index (χ3n) is 4.57. The lowest BCUT2D eigenvalue weighted by atomic mass is 9.86. The molecule has 2 aromatic rings. The summed E-state index contributed by atoms with van der Waals surface area (Å²) in [5.74, 6) is 0.436. The normalized spacial score (nSPS) is 16.9. The number of hydrogen-bond acceptors (Lipinski definition) is 5. The molecule has 0 radical (unpaired) electrons. The van der Waals surface area contributed by atoms with Crippen LogP contribution in [0.1, 0.15) is 46.3 Å². The van der Waals surface area contributed by atoms with E-state index in [0.717, 1.165) is 19.3 Å². The van der Waals surface area contributed by atoms with E-state index in [1.54, 1.807) is 12.1 Å². The Morgan fingerprint density at radius 2 is 2.17 bits per heavy atom. The van der Waals surface area contributed by atoms with Gasteiger partial charge >= 0.3 is 5.97 Å². The Morgan fingerprint density at radius 1 is 1.33 bits per heavy atom. The number of hydrogen-bond donors (Lipinski definition) is 1. The number of ether oxygens (including phenoxy) is 1. The summed E-state index contributed by atoms with van der Waals surface area (Å²) in [5, 5.41) is 9.48. The summed E-state index contributed by atoms with van der Waals surface area (Å²) in [6.45, 7) is 1.20. The maximum absolute atomic E-state index is 11.5. The first-order valence-corrected chi connectivity index (χ1v) is 8.32. The Kier molecular flexibility index (Phi) is 5.33. The molecule has 1 unspecified atom stereocenters. The Morgan fingerprint density at radius 3 is 2.96 bits per heavy atom. The molecule has 24 heavy (non-hydrogen) atoms. The predicted octanol–water partition coefficient (Wildman–Crippen LogP) is 2.94. The van der Waals surface area contributed by atoms with E-state index in [4.69, 9.17) is 4.42 Å². The fraction of sp³-hybridized carbons (Fsp3) is 0.421. The first kappa shape index (κ1) is 16.7.